The van der Waals surface area contributed by atoms with Crippen LogP contribution < -0.4 is 16.9 Å². The van der Waals surface area contributed by atoms with Crippen LogP contribution >= 0.6 is 34.8 Å². The molecular weight excluding hydrogens is 1570 g/mol. The molecule has 1 saturated heterocycles. The molecule has 616 valence electrons. The topological polar surface area (TPSA) is 433 Å². The van der Waals surface area contributed by atoms with E-state index in [0.29, 0.717) is 46.6 Å². The van der Waals surface area contributed by atoms with Crippen LogP contribution in [0.4, 0.5) is 39.8 Å². The molecule has 12 rings (SSSR count). The van der Waals surface area contributed by atoms with E-state index >= 15 is 0 Å². The van der Waals surface area contributed by atoms with Crippen molar-refractivity contribution < 1.29 is 71.7 Å². The number of rotatable bonds is 22. The molecule has 11 aromatic rings. The zero-order chi connectivity index (χ0) is 85.9. The van der Waals surface area contributed by atoms with E-state index in [1.54, 1.807) is 67.9 Å². The predicted molar refractivity (Wildman–Crippen MR) is 446 cm³/mol. The number of anilines is 2. The van der Waals surface area contributed by atoms with E-state index in [0.717, 1.165) is 94.7 Å². The van der Waals surface area contributed by atoms with Gasteiger partial charge in [0.2, 0.25) is 0 Å². The third-order valence-electron chi connectivity index (χ3n) is 16.3. The molecule has 0 amide bonds. The third-order valence-corrected chi connectivity index (χ3v) is 17.3. The van der Waals surface area contributed by atoms with Gasteiger partial charge in [0.25, 0.3) is 28.4 Å². The fourth-order valence-electron chi connectivity index (χ4n) is 11.0. The lowest BCUT2D eigenvalue weighted by molar-refractivity contribution is -0.385. The monoisotopic (exact) mass is 1660 g/mol. The number of nitrogens with zero attached hydrogens (tertiary/aromatic N) is 10. The summed E-state index contributed by atoms with van der Waals surface area (Å²) in [5, 5.41) is 79.3. The van der Waals surface area contributed by atoms with E-state index in [9.17, 15) is 55.4 Å². The first kappa shape index (κ1) is 94.9. The quantitative estimate of drug-likeness (QED) is 0.0138. The average Bonchev–Trinajstić information content (AvgIpc) is 1.64. The van der Waals surface area contributed by atoms with Crippen LogP contribution in [0.25, 0.3) is 33.4 Å². The molecule has 1 atom stereocenters. The summed E-state index contributed by atoms with van der Waals surface area (Å²) < 4.78 is 29.7. The number of methoxy groups -OCH3 is 1. The number of carbonyl (C=O) groups is 1. The van der Waals surface area contributed by atoms with Crippen molar-refractivity contribution in [2.45, 2.75) is 51.7 Å². The number of ether oxygens (including phenoxy) is 2. The van der Waals surface area contributed by atoms with Crippen LogP contribution in [0.15, 0.2) is 219 Å². The lowest BCUT2D eigenvalue weighted by Crippen LogP contribution is -2.27. The second-order valence-electron chi connectivity index (χ2n) is 26.9. The number of hydrogen-bond acceptors (Lipinski definition) is 27. The van der Waals surface area contributed by atoms with Gasteiger partial charge in [-0.25, -0.2) is 4.79 Å². The Hall–Kier alpha value is -11.7. The van der Waals surface area contributed by atoms with Gasteiger partial charge in [-0.15, -0.1) is 0 Å². The number of nitro benzene ring substituents is 5. The summed E-state index contributed by atoms with van der Waals surface area (Å²) >= 11 is 17.2. The van der Waals surface area contributed by atoms with Gasteiger partial charge in [0, 0.05) is 155 Å². The van der Waals surface area contributed by atoms with Crippen molar-refractivity contribution in [1.29, 1.82) is 0 Å². The summed E-state index contributed by atoms with van der Waals surface area (Å²) in [6.07, 6.45) is 13.7. The van der Waals surface area contributed by atoms with Crippen LogP contribution in [0.1, 0.15) is 61.6 Å². The largest absolute Gasteiger partial charge is 0.491 e. The minimum Gasteiger partial charge on any atom is -0.473 e. The standard InChI is InChI=1S/2C13H14N2O3.C13H20N2O.C13H16N2O.C9H11ClN2O2.C8H6ClNO4.C7H6ClNO3.C4H5BO3/c2*1-14(2)8-11-7-12(15(16)17)3-4-13(11)10-5-6-18-9-10;2*1-15(2)8-11-7-12(14)3-4-13(11)10-5-6-16-9-10;1-11(2)6-7-5-8(12(13)14)3-4-9(7)10;1-14-8(11)6-4-5(10(12)13)2-3-7(6)9;8-7-2-1-6(9(11)12)3-5(7)4-10;6-5(7)4-1-2-8-3-4/h2*3-7,9H,8H2,1-2H3;3-4,7,10H,5-6,8-9,14H2,1-2H3;3-7,9H,8,14H2,1-2H3;3-5H,6H2,1-2H3;2-4H,1H3;1-3,10H,4H2;1-3,6-7H. The first-order chi connectivity index (χ1) is 55.0. The maximum absolute atomic E-state index is 11.1. The highest BCUT2D eigenvalue weighted by atomic mass is 35.5. The van der Waals surface area contributed by atoms with Gasteiger partial charge in [0.05, 0.1) is 106 Å². The molecule has 0 saturated carbocycles. The van der Waals surface area contributed by atoms with Gasteiger partial charge < -0.3 is 78.3 Å². The Morgan fingerprint density at radius 3 is 1.14 bits per heavy atom. The van der Waals surface area contributed by atoms with Gasteiger partial charge >= 0.3 is 13.1 Å². The summed E-state index contributed by atoms with van der Waals surface area (Å²) in [5.74, 6) is -0.144. The highest BCUT2D eigenvalue weighted by Crippen LogP contribution is 2.34. The molecule has 7 N–H and O–H groups in total. The Morgan fingerprint density at radius 2 is 0.784 bits per heavy atom. The van der Waals surface area contributed by atoms with Crippen molar-refractivity contribution in [3.63, 3.8) is 0 Å². The number of furan rings is 4. The SMILES string of the molecule is CN(C)Cc1cc(N)ccc1-c1ccoc1.CN(C)Cc1cc(N)ccc1C1CCOC1.CN(C)Cc1cc([N+](=O)[O-])ccc1-c1ccoc1.CN(C)Cc1cc([N+](=O)[O-])ccc1-c1ccoc1.CN(C)Cc1cc([N+](=O)[O-])ccc1Cl.COC(=O)c1cc([N+](=O)[O-])ccc1Cl.O=[N+]([O-])c1ccc(Cl)c(CO)c1.OB(O)c1ccoc1. The fourth-order valence-corrected chi connectivity index (χ4v) is 11.6. The molecule has 116 heavy (non-hydrogen) atoms. The van der Waals surface area contributed by atoms with Crippen LogP contribution in [-0.2, 0) is 48.8 Å². The van der Waals surface area contributed by atoms with Gasteiger partial charge in [0.1, 0.15) is 0 Å². The van der Waals surface area contributed by atoms with Crippen LogP contribution in [0.5, 0.6) is 0 Å². The lowest BCUT2D eigenvalue weighted by Gasteiger charge is -2.18. The first-order valence-corrected chi connectivity index (χ1v) is 36.2. The maximum atomic E-state index is 11.1. The number of nitrogen functional groups attached to an aromatic ring is 2. The number of carbonyl (C=O) groups excluding carboxylic acids is 1. The van der Waals surface area contributed by atoms with Gasteiger partial charge in [-0.2, -0.15) is 0 Å². The predicted octanol–water partition coefficient (Wildman–Crippen LogP) is 15.3. The number of non-ortho nitro benzene ring substituents is 5. The smallest absolute Gasteiger partial charge is 0.473 e. The van der Waals surface area contributed by atoms with Gasteiger partial charge in [-0.1, -0.05) is 46.9 Å². The molecular formula is C80H92BCl3N12O20. The van der Waals surface area contributed by atoms with Gasteiger partial charge in [0.15, 0.2) is 0 Å². The van der Waals surface area contributed by atoms with Crippen LogP contribution in [0.3, 0.4) is 0 Å². The Morgan fingerprint density at radius 1 is 0.448 bits per heavy atom. The van der Waals surface area contributed by atoms with E-state index < -0.39 is 27.9 Å². The van der Waals surface area contributed by atoms with Gasteiger partial charge in [-0.3, -0.25) is 50.6 Å². The molecule has 1 aliphatic heterocycles. The summed E-state index contributed by atoms with van der Waals surface area (Å²) in [4.78, 5) is 71.7. The molecule has 1 fully saturated rings. The van der Waals surface area contributed by atoms with Crippen molar-refractivity contribution in [3.8, 4) is 33.4 Å². The van der Waals surface area contributed by atoms with Crippen LogP contribution in [-0.4, -0.2) is 168 Å². The van der Waals surface area contributed by atoms with Crippen molar-refractivity contribution >= 4 is 93.2 Å². The normalized spacial score (nSPS) is 11.8. The van der Waals surface area contributed by atoms with Gasteiger partial charge in [-0.05, 0) is 206 Å². The number of benzene rings is 7. The Labute approximate surface area is 685 Å². The van der Waals surface area contributed by atoms with Crippen LogP contribution in [0, 0.1) is 50.6 Å². The maximum Gasteiger partial charge on any atom is 0.491 e. The second-order valence-corrected chi connectivity index (χ2v) is 28.1. The minimum absolute atomic E-state index is 0.0108. The first-order valence-electron chi connectivity index (χ1n) is 35.1. The number of aliphatic hydroxyl groups is 1. The fraction of sp³-hybridized carbons (Fsp3) is 0.263. The second kappa shape index (κ2) is 47.9. The highest BCUT2D eigenvalue weighted by Gasteiger charge is 2.22. The molecule has 0 spiro atoms. The molecule has 0 aliphatic carbocycles. The number of nitrogens with two attached hydrogens (primary N) is 2. The molecule has 0 bridgehead atoms. The molecule has 32 nitrogen and oxygen atoms in total. The molecule has 36 heteroatoms. The number of esters is 1. The van der Waals surface area contributed by atoms with Crippen molar-refractivity contribution in [2.75, 3.05) is 102 Å². The number of nitro groups is 5. The molecule has 7 aromatic carbocycles. The van der Waals surface area contributed by atoms with E-state index in [-0.39, 0.29) is 55.5 Å². The third kappa shape index (κ3) is 31.6. The summed E-state index contributed by atoms with van der Waals surface area (Å²) in [5.41, 5.74) is 26.7. The zero-order valence-corrected chi connectivity index (χ0v) is 67.9. The van der Waals surface area contributed by atoms with E-state index in [1.807, 2.05) is 114 Å². The lowest BCUT2D eigenvalue weighted by atomic mass is 9.83. The Bertz CT molecular complexity index is 4830. The number of halogens is 3. The molecule has 1 unspecified atom stereocenters. The number of hydrogen-bond donors (Lipinski definition) is 5. The van der Waals surface area contributed by atoms with Crippen molar-refractivity contribution in [2.24, 2.45) is 0 Å². The average molecular weight is 1660 g/mol. The zero-order valence-electron chi connectivity index (χ0n) is 65.6. The Kier molecular flexibility index (Phi) is 39.2. The highest BCUT2D eigenvalue weighted by molar-refractivity contribution is 6.58. The summed E-state index contributed by atoms with van der Waals surface area (Å²) in [7, 11) is 19.5. The van der Waals surface area contributed by atoms with Crippen LogP contribution in [0.2, 0.25) is 15.1 Å². The summed E-state index contributed by atoms with van der Waals surface area (Å²) in [6, 6.07) is 41.1. The summed E-state index contributed by atoms with van der Waals surface area (Å²) in [6.45, 7) is 5.13. The van der Waals surface area contributed by atoms with Crippen molar-refractivity contribution in [3.05, 3.63) is 312 Å². The minimum atomic E-state index is -1.41. The molecule has 0 radical (unpaired) electrons. The molecule has 5 heterocycles. The molecule has 4 aromatic heterocycles. The van der Waals surface area contributed by atoms with E-state index in [4.69, 9.17) is 79.4 Å². The van der Waals surface area contributed by atoms with E-state index in [1.165, 1.54) is 103 Å². The molecule has 1 aliphatic rings. The number of aliphatic hydroxyl groups excluding tert-OH is 1. The van der Waals surface area contributed by atoms with E-state index in [2.05, 4.69) is 45.2 Å². The van der Waals surface area contributed by atoms with Crippen molar-refractivity contribution in [1.82, 2.24) is 24.5 Å². The Balaban J connectivity index is 0.000000238.